The van der Waals surface area contributed by atoms with Crippen molar-refractivity contribution in [2.75, 3.05) is 6.61 Å². The Bertz CT molecular complexity index is 1190. The fraction of sp³-hybridized carbons (Fsp3) is 0.226. The lowest BCUT2D eigenvalue weighted by molar-refractivity contribution is -0.139. The second-order valence-electron chi connectivity index (χ2n) is 8.40. The summed E-state index contributed by atoms with van der Waals surface area (Å²) in [5.41, 5.74) is 9.21. The van der Waals surface area contributed by atoms with Gasteiger partial charge in [0.2, 0.25) is 0 Å². The van der Waals surface area contributed by atoms with Gasteiger partial charge in [-0.1, -0.05) is 87.2 Å². The molecule has 0 atom stereocenters. The fourth-order valence-corrected chi connectivity index (χ4v) is 3.94. The maximum absolute atomic E-state index is 11.4. The molecule has 0 radical (unpaired) electrons. The van der Waals surface area contributed by atoms with Crippen LogP contribution in [0.15, 0.2) is 86.0 Å². The monoisotopic (exact) mass is 468 g/mol. The van der Waals surface area contributed by atoms with Gasteiger partial charge in [-0.3, -0.25) is 0 Å². The standard InChI is InChI=1S/C31H32O4/c1-5-8-27-20-29(26-13-9-23(10-14-26)17-18-34-30(32)6-2)28(19-22(27)4)25-15-11-24(12-16-25)21-35-31(33)7-3/h6-7,9-16,19-20H,2-3,5,8,17-18,21H2,1,4H3. The molecule has 35 heavy (non-hydrogen) atoms. The predicted molar refractivity (Wildman–Crippen MR) is 141 cm³/mol. The van der Waals surface area contributed by atoms with Crippen molar-refractivity contribution in [1.82, 2.24) is 0 Å². The fourth-order valence-electron chi connectivity index (χ4n) is 3.94. The Kier molecular flexibility index (Phi) is 9.19. The van der Waals surface area contributed by atoms with Gasteiger partial charge in [-0.15, -0.1) is 0 Å². The molecule has 0 N–H and O–H groups in total. The molecule has 4 heteroatoms. The zero-order valence-corrected chi connectivity index (χ0v) is 20.5. The van der Waals surface area contributed by atoms with Gasteiger partial charge >= 0.3 is 11.9 Å². The molecule has 0 saturated carbocycles. The van der Waals surface area contributed by atoms with E-state index in [1.165, 1.54) is 28.8 Å². The molecule has 180 valence electrons. The van der Waals surface area contributed by atoms with E-state index >= 15 is 0 Å². The van der Waals surface area contributed by atoms with Gasteiger partial charge in [0, 0.05) is 18.6 Å². The third-order valence-corrected chi connectivity index (χ3v) is 5.87. The minimum absolute atomic E-state index is 0.218. The molecule has 3 rings (SSSR count). The summed E-state index contributed by atoms with van der Waals surface area (Å²) in [6.45, 7) is 11.7. The third-order valence-electron chi connectivity index (χ3n) is 5.87. The Hall–Kier alpha value is -3.92. The van der Waals surface area contributed by atoms with Gasteiger partial charge in [0.15, 0.2) is 0 Å². The average molecular weight is 469 g/mol. The number of carbonyl (C=O) groups excluding carboxylic acids is 2. The summed E-state index contributed by atoms with van der Waals surface area (Å²) in [4.78, 5) is 22.6. The molecule has 3 aromatic carbocycles. The van der Waals surface area contributed by atoms with Crippen LogP contribution >= 0.6 is 0 Å². The Morgan fingerprint density at radius 3 is 1.89 bits per heavy atom. The van der Waals surface area contributed by atoms with Crippen molar-refractivity contribution in [3.05, 3.63) is 108 Å². The number of hydrogen-bond donors (Lipinski definition) is 0. The Balaban J connectivity index is 1.90. The Morgan fingerprint density at radius 1 is 0.771 bits per heavy atom. The first-order chi connectivity index (χ1) is 16.9. The molecular weight excluding hydrogens is 436 g/mol. The van der Waals surface area contributed by atoms with Crippen molar-refractivity contribution in [2.24, 2.45) is 0 Å². The molecule has 0 aliphatic rings. The minimum Gasteiger partial charge on any atom is -0.462 e. The van der Waals surface area contributed by atoms with Crippen LogP contribution < -0.4 is 0 Å². The first kappa shape index (κ1) is 25.7. The predicted octanol–water partition coefficient (Wildman–Crippen LogP) is 6.78. The van der Waals surface area contributed by atoms with Crippen LogP contribution in [0.4, 0.5) is 0 Å². The average Bonchev–Trinajstić information content (AvgIpc) is 2.89. The van der Waals surface area contributed by atoms with Crippen LogP contribution in [0.3, 0.4) is 0 Å². The van der Waals surface area contributed by atoms with Gasteiger partial charge in [0.1, 0.15) is 6.61 Å². The summed E-state index contributed by atoms with van der Waals surface area (Å²) in [5.74, 6) is -0.833. The quantitative estimate of drug-likeness (QED) is 0.230. The van der Waals surface area contributed by atoms with Crippen LogP contribution in [0.1, 0.15) is 35.6 Å². The van der Waals surface area contributed by atoms with E-state index in [0.29, 0.717) is 13.0 Å². The maximum atomic E-state index is 11.4. The Morgan fingerprint density at radius 2 is 1.31 bits per heavy atom. The van der Waals surface area contributed by atoms with Crippen LogP contribution in [0.5, 0.6) is 0 Å². The molecule has 0 fully saturated rings. The van der Waals surface area contributed by atoms with Gasteiger partial charge in [-0.25, -0.2) is 9.59 Å². The van der Waals surface area contributed by atoms with Crippen LogP contribution in [0.25, 0.3) is 22.3 Å². The van der Waals surface area contributed by atoms with Crippen molar-refractivity contribution in [2.45, 2.75) is 39.7 Å². The number of rotatable bonds is 11. The van der Waals surface area contributed by atoms with E-state index in [4.69, 9.17) is 9.47 Å². The van der Waals surface area contributed by atoms with Crippen molar-refractivity contribution in [1.29, 1.82) is 0 Å². The summed E-state index contributed by atoms with van der Waals surface area (Å²) in [6.07, 6.45) is 5.11. The summed E-state index contributed by atoms with van der Waals surface area (Å²) >= 11 is 0. The molecule has 0 heterocycles. The van der Waals surface area contributed by atoms with E-state index in [9.17, 15) is 9.59 Å². The van der Waals surface area contributed by atoms with E-state index in [-0.39, 0.29) is 6.61 Å². The van der Waals surface area contributed by atoms with Gasteiger partial charge < -0.3 is 9.47 Å². The number of benzene rings is 3. The van der Waals surface area contributed by atoms with Crippen LogP contribution in [0, 0.1) is 6.92 Å². The molecule has 0 aliphatic heterocycles. The second kappa shape index (κ2) is 12.5. The molecule has 0 spiro atoms. The van der Waals surface area contributed by atoms with E-state index in [1.807, 2.05) is 12.1 Å². The van der Waals surface area contributed by atoms with Gasteiger partial charge in [-0.2, -0.15) is 0 Å². The number of esters is 2. The second-order valence-corrected chi connectivity index (χ2v) is 8.40. The highest BCUT2D eigenvalue weighted by Gasteiger charge is 2.12. The first-order valence-corrected chi connectivity index (χ1v) is 11.9. The lowest BCUT2D eigenvalue weighted by atomic mass is 9.88. The molecule has 0 aliphatic carbocycles. The Labute approximate surface area is 207 Å². The van der Waals surface area contributed by atoms with Crippen molar-refractivity contribution >= 4 is 11.9 Å². The topological polar surface area (TPSA) is 52.6 Å². The molecule has 3 aromatic rings. The number of ether oxygens (including phenoxy) is 2. The molecule has 0 unspecified atom stereocenters. The van der Waals surface area contributed by atoms with E-state index < -0.39 is 11.9 Å². The van der Waals surface area contributed by atoms with Gasteiger partial charge in [-0.05, 0) is 57.9 Å². The van der Waals surface area contributed by atoms with Crippen LogP contribution in [-0.4, -0.2) is 18.5 Å². The molecular formula is C31H32O4. The van der Waals surface area contributed by atoms with Crippen LogP contribution in [0.2, 0.25) is 0 Å². The summed E-state index contributed by atoms with van der Waals surface area (Å²) in [7, 11) is 0. The number of aryl methyl sites for hydroxylation is 2. The molecule has 0 amide bonds. The lowest BCUT2D eigenvalue weighted by Crippen LogP contribution is -2.04. The SMILES string of the molecule is C=CC(=O)OCCc1ccc(-c2cc(CCC)c(C)cc2-c2ccc(COC(=O)C=C)cc2)cc1. The summed E-state index contributed by atoms with van der Waals surface area (Å²) in [5, 5.41) is 0. The first-order valence-electron chi connectivity index (χ1n) is 11.9. The van der Waals surface area contributed by atoms with E-state index in [1.54, 1.807) is 0 Å². The highest BCUT2D eigenvalue weighted by molar-refractivity contribution is 5.85. The molecule has 0 aromatic heterocycles. The zero-order valence-electron chi connectivity index (χ0n) is 20.5. The largest absolute Gasteiger partial charge is 0.462 e. The number of carbonyl (C=O) groups is 2. The van der Waals surface area contributed by atoms with E-state index in [0.717, 1.165) is 40.7 Å². The van der Waals surface area contributed by atoms with Crippen molar-refractivity contribution in [3.8, 4) is 22.3 Å². The highest BCUT2D eigenvalue weighted by Crippen LogP contribution is 2.35. The smallest absolute Gasteiger partial charge is 0.330 e. The molecule has 0 saturated heterocycles. The van der Waals surface area contributed by atoms with Crippen molar-refractivity contribution < 1.29 is 19.1 Å². The van der Waals surface area contributed by atoms with E-state index in [2.05, 4.69) is 75.5 Å². The van der Waals surface area contributed by atoms with Gasteiger partial charge in [0.25, 0.3) is 0 Å². The zero-order chi connectivity index (χ0) is 25.2. The highest BCUT2D eigenvalue weighted by atomic mass is 16.5. The van der Waals surface area contributed by atoms with Crippen molar-refractivity contribution in [3.63, 3.8) is 0 Å². The summed E-state index contributed by atoms with van der Waals surface area (Å²) in [6, 6.07) is 21.1. The number of hydrogen-bond acceptors (Lipinski definition) is 4. The van der Waals surface area contributed by atoms with Crippen LogP contribution in [-0.2, 0) is 38.5 Å². The molecule has 0 bridgehead atoms. The lowest BCUT2D eigenvalue weighted by Gasteiger charge is -2.16. The minimum atomic E-state index is -0.430. The maximum Gasteiger partial charge on any atom is 0.330 e. The van der Waals surface area contributed by atoms with Gasteiger partial charge in [0.05, 0.1) is 6.61 Å². The third kappa shape index (κ3) is 7.03. The normalized spacial score (nSPS) is 10.5. The molecule has 4 nitrogen and oxygen atoms in total. The summed E-state index contributed by atoms with van der Waals surface area (Å²) < 4.78 is 10.2.